The summed E-state index contributed by atoms with van der Waals surface area (Å²) in [4.78, 5) is 24.2. The Morgan fingerprint density at radius 3 is 2.58 bits per heavy atom. The van der Waals surface area contributed by atoms with Crippen LogP contribution in [0.3, 0.4) is 0 Å². The van der Waals surface area contributed by atoms with Gasteiger partial charge in [-0.15, -0.1) is 0 Å². The van der Waals surface area contributed by atoms with Crippen molar-refractivity contribution >= 4 is 23.2 Å². The molecule has 0 aliphatic carbocycles. The van der Waals surface area contributed by atoms with Gasteiger partial charge in [0.2, 0.25) is 5.91 Å². The van der Waals surface area contributed by atoms with Gasteiger partial charge < -0.3 is 10.6 Å². The fourth-order valence-electron chi connectivity index (χ4n) is 2.37. The first-order valence-electron chi connectivity index (χ1n) is 7.35. The lowest BCUT2D eigenvalue weighted by Gasteiger charge is -2.22. The van der Waals surface area contributed by atoms with Gasteiger partial charge >= 0.3 is 0 Å². The van der Waals surface area contributed by atoms with Crippen molar-refractivity contribution in [2.75, 3.05) is 7.05 Å². The van der Waals surface area contributed by atoms with Crippen LogP contribution in [-0.2, 0) is 17.8 Å². The van der Waals surface area contributed by atoms with Crippen molar-refractivity contribution in [1.82, 2.24) is 4.90 Å². The molecule has 0 saturated carbocycles. The fourth-order valence-corrected chi connectivity index (χ4v) is 2.55. The van der Waals surface area contributed by atoms with Crippen LogP contribution in [0.4, 0.5) is 5.69 Å². The predicted molar refractivity (Wildman–Crippen MR) is 92.7 cm³/mol. The molecule has 0 spiro atoms. The van der Waals surface area contributed by atoms with Gasteiger partial charge in [-0.25, -0.2) is 0 Å². The minimum absolute atomic E-state index is 0.0659. The summed E-state index contributed by atoms with van der Waals surface area (Å²) in [6, 6.07) is 13.0. The molecule has 0 saturated heterocycles. The zero-order chi connectivity index (χ0) is 17.7. The average Bonchev–Trinajstić information content (AvgIpc) is 2.56. The molecule has 0 aliphatic rings. The van der Waals surface area contributed by atoms with Crippen molar-refractivity contribution in [3.05, 3.63) is 74.8 Å². The largest absolute Gasteiger partial charge is 0.340 e. The highest BCUT2D eigenvalue weighted by Crippen LogP contribution is 2.23. The molecule has 2 N–H and O–H groups in total. The van der Waals surface area contributed by atoms with Crippen molar-refractivity contribution < 1.29 is 9.72 Å². The smallest absolute Gasteiger partial charge is 0.269 e. The Bertz CT molecular complexity index is 737. The molecule has 0 aliphatic heterocycles. The maximum absolute atomic E-state index is 12.4. The van der Waals surface area contributed by atoms with Crippen LogP contribution in [0.15, 0.2) is 48.5 Å². The summed E-state index contributed by atoms with van der Waals surface area (Å²) in [5, 5.41) is 11.2. The Morgan fingerprint density at radius 2 is 1.96 bits per heavy atom. The van der Waals surface area contributed by atoms with Gasteiger partial charge in [0, 0.05) is 30.7 Å². The Balaban J connectivity index is 2.06. The monoisotopic (exact) mass is 347 g/mol. The molecule has 24 heavy (non-hydrogen) atoms. The first-order chi connectivity index (χ1) is 11.4. The van der Waals surface area contributed by atoms with E-state index in [4.69, 9.17) is 17.3 Å². The molecular weight excluding hydrogens is 330 g/mol. The first kappa shape index (κ1) is 17.9. The number of likely N-dealkylation sites (N-methyl/N-ethyl adjacent to an activating group) is 1. The summed E-state index contributed by atoms with van der Waals surface area (Å²) in [5.41, 5.74) is 7.40. The van der Waals surface area contributed by atoms with E-state index in [1.54, 1.807) is 7.05 Å². The molecule has 6 nitrogen and oxygen atoms in total. The second-order valence-electron chi connectivity index (χ2n) is 5.52. The quantitative estimate of drug-likeness (QED) is 0.642. The van der Waals surface area contributed by atoms with E-state index in [0.717, 1.165) is 5.56 Å². The SMILES string of the molecule is CN(Cc1cc([N+](=O)[O-])ccc1Cl)C(=O)[C@@H](N)Cc1ccccc1. The maximum atomic E-state index is 12.4. The number of non-ortho nitro benzene ring substituents is 1. The summed E-state index contributed by atoms with van der Waals surface area (Å²) < 4.78 is 0. The molecule has 0 heterocycles. The zero-order valence-electron chi connectivity index (χ0n) is 13.2. The summed E-state index contributed by atoms with van der Waals surface area (Å²) in [6.45, 7) is 0.155. The molecule has 7 heteroatoms. The third-order valence-corrected chi connectivity index (χ3v) is 4.01. The number of hydrogen-bond donors (Lipinski definition) is 1. The van der Waals surface area contributed by atoms with E-state index in [9.17, 15) is 14.9 Å². The number of benzene rings is 2. The molecule has 0 bridgehead atoms. The van der Waals surface area contributed by atoms with E-state index in [0.29, 0.717) is 17.0 Å². The zero-order valence-corrected chi connectivity index (χ0v) is 13.9. The van der Waals surface area contributed by atoms with Gasteiger partial charge in [-0.1, -0.05) is 41.9 Å². The van der Waals surface area contributed by atoms with Crippen molar-refractivity contribution in [1.29, 1.82) is 0 Å². The fraction of sp³-hybridized carbons (Fsp3) is 0.235. The molecule has 126 valence electrons. The molecule has 0 aromatic heterocycles. The number of nitrogens with zero attached hydrogens (tertiary/aromatic N) is 2. The van der Waals surface area contributed by atoms with Crippen LogP contribution in [0, 0.1) is 10.1 Å². The molecule has 0 fully saturated rings. The van der Waals surface area contributed by atoms with Crippen LogP contribution in [0.5, 0.6) is 0 Å². The molecular formula is C17H18ClN3O3. The van der Waals surface area contributed by atoms with Crippen LogP contribution >= 0.6 is 11.6 Å². The number of nitrogens with two attached hydrogens (primary N) is 1. The van der Waals surface area contributed by atoms with Gasteiger partial charge in [0.25, 0.3) is 5.69 Å². The highest BCUT2D eigenvalue weighted by atomic mass is 35.5. The lowest BCUT2D eigenvalue weighted by Crippen LogP contribution is -2.42. The van der Waals surface area contributed by atoms with Crippen molar-refractivity contribution in [3.63, 3.8) is 0 Å². The Hall–Kier alpha value is -2.44. The van der Waals surface area contributed by atoms with Crippen LogP contribution in [0.2, 0.25) is 5.02 Å². The second-order valence-corrected chi connectivity index (χ2v) is 5.93. The van der Waals surface area contributed by atoms with Gasteiger partial charge in [-0.05, 0) is 23.6 Å². The normalized spacial score (nSPS) is 11.8. The van der Waals surface area contributed by atoms with E-state index in [-0.39, 0.29) is 18.1 Å². The minimum Gasteiger partial charge on any atom is -0.340 e. The number of rotatable bonds is 6. The number of amides is 1. The van der Waals surface area contributed by atoms with E-state index in [1.165, 1.54) is 23.1 Å². The van der Waals surface area contributed by atoms with Gasteiger partial charge in [-0.2, -0.15) is 0 Å². The number of hydrogen-bond acceptors (Lipinski definition) is 4. The first-order valence-corrected chi connectivity index (χ1v) is 7.73. The van der Waals surface area contributed by atoms with Crippen LogP contribution < -0.4 is 5.73 Å². The van der Waals surface area contributed by atoms with E-state index in [1.807, 2.05) is 30.3 Å². The van der Waals surface area contributed by atoms with Crippen LogP contribution in [0.1, 0.15) is 11.1 Å². The number of carbonyl (C=O) groups excluding carboxylic acids is 1. The standard InChI is InChI=1S/C17H18ClN3O3/c1-20(11-13-10-14(21(23)24)7-8-15(13)18)17(22)16(19)9-12-5-3-2-4-6-12/h2-8,10,16H,9,11,19H2,1H3/t16-/m0/s1. The number of halogens is 1. The van der Waals surface area contributed by atoms with Crippen LogP contribution in [0.25, 0.3) is 0 Å². The van der Waals surface area contributed by atoms with E-state index in [2.05, 4.69) is 0 Å². The average molecular weight is 348 g/mol. The third-order valence-electron chi connectivity index (χ3n) is 3.64. The number of nitro benzene ring substituents is 1. The van der Waals surface area contributed by atoms with Crippen LogP contribution in [-0.4, -0.2) is 28.8 Å². The molecule has 1 amide bonds. The summed E-state index contributed by atoms with van der Waals surface area (Å²) >= 11 is 6.07. The van der Waals surface area contributed by atoms with Crippen molar-refractivity contribution in [3.8, 4) is 0 Å². The number of nitro groups is 1. The molecule has 1 atom stereocenters. The van der Waals surface area contributed by atoms with Gasteiger partial charge in [0.05, 0.1) is 11.0 Å². The topological polar surface area (TPSA) is 89.5 Å². The molecule has 2 rings (SSSR count). The lowest BCUT2D eigenvalue weighted by molar-refractivity contribution is -0.384. The summed E-state index contributed by atoms with van der Waals surface area (Å²) in [6.07, 6.45) is 0.423. The summed E-state index contributed by atoms with van der Waals surface area (Å²) in [7, 11) is 1.60. The molecule has 0 radical (unpaired) electrons. The van der Waals surface area contributed by atoms with E-state index >= 15 is 0 Å². The molecule has 2 aromatic rings. The third kappa shape index (κ3) is 4.53. The molecule has 2 aromatic carbocycles. The Kier molecular flexibility index (Phi) is 5.89. The molecule has 0 unspecified atom stereocenters. The van der Waals surface area contributed by atoms with Gasteiger partial charge in [0.15, 0.2) is 0 Å². The van der Waals surface area contributed by atoms with Crippen molar-refractivity contribution in [2.24, 2.45) is 5.73 Å². The maximum Gasteiger partial charge on any atom is 0.269 e. The number of carbonyl (C=O) groups is 1. The predicted octanol–water partition coefficient (Wildman–Crippen LogP) is 2.78. The van der Waals surface area contributed by atoms with Gasteiger partial charge in [-0.3, -0.25) is 14.9 Å². The van der Waals surface area contributed by atoms with Gasteiger partial charge in [0.1, 0.15) is 0 Å². The van der Waals surface area contributed by atoms with E-state index < -0.39 is 11.0 Å². The second kappa shape index (κ2) is 7.90. The highest BCUT2D eigenvalue weighted by Gasteiger charge is 2.20. The lowest BCUT2D eigenvalue weighted by atomic mass is 10.1. The van der Waals surface area contributed by atoms with Crippen molar-refractivity contribution in [2.45, 2.75) is 19.0 Å². The summed E-state index contributed by atoms with van der Waals surface area (Å²) in [5.74, 6) is -0.249. The highest BCUT2D eigenvalue weighted by molar-refractivity contribution is 6.31. The minimum atomic E-state index is -0.685. The Labute approximate surface area is 145 Å². The Morgan fingerprint density at radius 1 is 1.29 bits per heavy atom.